The maximum Gasteiger partial charge on any atom is 0.331 e. The molecule has 0 rings (SSSR count). The minimum Gasteiger partial charge on any atom is -0.395 e. The van der Waals surface area contributed by atoms with Crippen LogP contribution in [0.2, 0.25) is 0 Å². The lowest BCUT2D eigenvalue weighted by molar-refractivity contribution is 0.212. The monoisotopic (exact) mass is 250 g/mol. The van der Waals surface area contributed by atoms with Gasteiger partial charge in [-0.2, -0.15) is 0 Å². The van der Waals surface area contributed by atoms with Crippen LogP contribution in [0.1, 0.15) is 0 Å². The minimum atomic E-state index is -4.85. The van der Waals surface area contributed by atoms with Crippen LogP contribution in [0.25, 0.3) is 0 Å². The number of aliphatic hydroxyl groups is 2. The molecule has 2 unspecified atom stereocenters. The molecule has 0 radical (unpaired) electrons. The summed E-state index contributed by atoms with van der Waals surface area (Å²) in [5, 5.41) is 17.2. The van der Waals surface area contributed by atoms with Gasteiger partial charge in [-0.15, -0.1) is 0 Å². The summed E-state index contributed by atoms with van der Waals surface area (Å²) >= 11 is 0. The van der Waals surface area contributed by atoms with E-state index < -0.39 is 39.7 Å². The third-order valence-corrected chi connectivity index (χ3v) is 4.69. The van der Waals surface area contributed by atoms with Crippen molar-refractivity contribution in [2.75, 3.05) is 13.2 Å². The Balaban J connectivity index is 5.01. The molecule has 0 aromatic carbocycles. The topological polar surface area (TPSA) is 156 Å². The van der Waals surface area contributed by atoms with Gasteiger partial charge in [-0.1, -0.05) is 0 Å². The van der Waals surface area contributed by atoms with E-state index in [-0.39, 0.29) is 0 Å². The summed E-state index contributed by atoms with van der Waals surface area (Å²) in [4.78, 5) is 34.6. The van der Waals surface area contributed by atoms with Gasteiger partial charge in [-0.05, 0) is 0 Å². The molecule has 0 fully saturated rings. The van der Waals surface area contributed by atoms with Crippen LogP contribution in [0.4, 0.5) is 0 Å². The summed E-state index contributed by atoms with van der Waals surface area (Å²) in [5.41, 5.74) is -3.90. The Morgan fingerprint density at radius 3 is 1.07 bits per heavy atom. The predicted octanol–water partition coefficient (Wildman–Crippen LogP) is -1.94. The quantitative estimate of drug-likeness (QED) is 0.308. The van der Waals surface area contributed by atoms with E-state index >= 15 is 0 Å². The van der Waals surface area contributed by atoms with Crippen molar-refractivity contribution >= 4 is 15.2 Å². The van der Waals surface area contributed by atoms with Crippen molar-refractivity contribution < 1.29 is 38.9 Å². The van der Waals surface area contributed by atoms with E-state index in [0.29, 0.717) is 0 Å². The molecule has 8 nitrogen and oxygen atoms in total. The Hall–Kier alpha value is 0.220. The van der Waals surface area contributed by atoms with Crippen LogP contribution in [0.3, 0.4) is 0 Å². The molecule has 86 valence electrons. The van der Waals surface area contributed by atoms with Gasteiger partial charge in [0.15, 0.2) is 0 Å². The summed E-state index contributed by atoms with van der Waals surface area (Å²) in [6, 6.07) is 0. The van der Waals surface area contributed by atoms with Gasteiger partial charge in [-0.25, -0.2) is 0 Å². The number of hydrogen-bond acceptors (Lipinski definition) is 4. The molecule has 0 bridgehead atoms. The normalized spacial score (nSPS) is 17.9. The number of aliphatic hydroxyl groups excluding tert-OH is 2. The summed E-state index contributed by atoms with van der Waals surface area (Å²) in [7, 11) is -9.69. The van der Waals surface area contributed by atoms with Crippen LogP contribution < -0.4 is 0 Å². The van der Waals surface area contributed by atoms with Crippen molar-refractivity contribution in [3.63, 3.8) is 0 Å². The van der Waals surface area contributed by atoms with Crippen LogP contribution in [-0.4, -0.2) is 54.3 Å². The van der Waals surface area contributed by atoms with E-state index in [0.717, 1.165) is 0 Å². The van der Waals surface area contributed by atoms with Gasteiger partial charge in [0, 0.05) is 0 Å². The van der Waals surface area contributed by atoms with Gasteiger partial charge < -0.3 is 29.8 Å². The van der Waals surface area contributed by atoms with Crippen LogP contribution in [0.5, 0.6) is 0 Å². The lowest BCUT2D eigenvalue weighted by Gasteiger charge is -2.24. The Morgan fingerprint density at radius 2 is 1.00 bits per heavy atom. The highest BCUT2D eigenvalue weighted by molar-refractivity contribution is 7.57. The fourth-order valence-electron chi connectivity index (χ4n) is 0.904. The third kappa shape index (κ3) is 3.76. The summed E-state index contributed by atoms with van der Waals surface area (Å²) in [5.74, 6) is 0. The molecular formula is C4H12O8P2. The van der Waals surface area contributed by atoms with Gasteiger partial charge in [-0.3, -0.25) is 9.13 Å². The molecule has 0 heterocycles. The molecule has 0 amide bonds. The minimum absolute atomic E-state index is 1.11. The lowest BCUT2D eigenvalue weighted by Crippen LogP contribution is -2.32. The standard InChI is InChI=1S/C4H12O8P2/c5-1-3(13(7,8)9)4(2-6)14(10,11)12/h3-6H,1-2H2,(H2,7,8,9)(H2,10,11,12). The van der Waals surface area contributed by atoms with Crippen LogP contribution in [-0.2, 0) is 9.13 Å². The fourth-order valence-corrected chi connectivity index (χ4v) is 3.46. The zero-order valence-electron chi connectivity index (χ0n) is 6.96. The third-order valence-electron chi connectivity index (χ3n) is 1.68. The molecule has 2 atom stereocenters. The van der Waals surface area contributed by atoms with Crippen molar-refractivity contribution in [1.82, 2.24) is 0 Å². The first-order valence-electron chi connectivity index (χ1n) is 3.46. The van der Waals surface area contributed by atoms with Crippen molar-refractivity contribution in [3.8, 4) is 0 Å². The van der Waals surface area contributed by atoms with Gasteiger partial charge in [0.1, 0.15) is 11.3 Å². The van der Waals surface area contributed by atoms with Gasteiger partial charge in [0.2, 0.25) is 0 Å². The molecule has 0 aromatic heterocycles. The smallest absolute Gasteiger partial charge is 0.331 e. The number of hydrogen-bond donors (Lipinski definition) is 6. The zero-order valence-corrected chi connectivity index (χ0v) is 8.75. The SMILES string of the molecule is O=P(O)(O)C(CO)C(CO)P(=O)(O)O. The molecular weight excluding hydrogens is 238 g/mol. The molecule has 0 aromatic rings. The van der Waals surface area contributed by atoms with Crippen molar-refractivity contribution in [1.29, 1.82) is 0 Å². The first-order chi connectivity index (χ1) is 6.14. The van der Waals surface area contributed by atoms with E-state index in [1.165, 1.54) is 0 Å². The molecule has 0 aliphatic carbocycles. The van der Waals surface area contributed by atoms with Crippen molar-refractivity contribution in [3.05, 3.63) is 0 Å². The highest BCUT2D eigenvalue weighted by atomic mass is 31.2. The second kappa shape index (κ2) is 4.83. The largest absolute Gasteiger partial charge is 0.395 e. The van der Waals surface area contributed by atoms with Crippen molar-refractivity contribution in [2.24, 2.45) is 0 Å². The number of rotatable bonds is 5. The van der Waals surface area contributed by atoms with E-state index in [1.54, 1.807) is 0 Å². The maximum atomic E-state index is 10.7. The second-order valence-electron chi connectivity index (χ2n) is 2.68. The fraction of sp³-hybridized carbons (Fsp3) is 1.00. The van der Waals surface area contributed by atoms with Gasteiger partial charge in [0.25, 0.3) is 0 Å². The van der Waals surface area contributed by atoms with E-state index in [2.05, 4.69) is 0 Å². The Bertz CT molecular complexity index is 237. The van der Waals surface area contributed by atoms with Crippen LogP contribution >= 0.6 is 15.2 Å². The summed E-state index contributed by atoms with van der Waals surface area (Å²) in [6.07, 6.45) is 0. The second-order valence-corrected chi connectivity index (χ2v) is 6.36. The average molecular weight is 250 g/mol. The van der Waals surface area contributed by atoms with Crippen LogP contribution in [0.15, 0.2) is 0 Å². The van der Waals surface area contributed by atoms with E-state index in [4.69, 9.17) is 29.8 Å². The van der Waals surface area contributed by atoms with Crippen LogP contribution in [0, 0.1) is 0 Å². The van der Waals surface area contributed by atoms with Crippen molar-refractivity contribution in [2.45, 2.75) is 11.3 Å². The van der Waals surface area contributed by atoms with Gasteiger partial charge >= 0.3 is 15.2 Å². The first kappa shape index (κ1) is 14.2. The highest BCUT2D eigenvalue weighted by Gasteiger charge is 2.44. The average Bonchev–Trinajstić information content (AvgIpc) is 1.94. The molecule has 0 spiro atoms. The van der Waals surface area contributed by atoms with Gasteiger partial charge in [0.05, 0.1) is 13.2 Å². The molecule has 0 aliphatic heterocycles. The Labute approximate surface area is 79.5 Å². The molecule has 10 heteroatoms. The van der Waals surface area contributed by atoms with E-state index in [9.17, 15) is 9.13 Å². The zero-order chi connectivity index (χ0) is 11.6. The summed E-state index contributed by atoms with van der Waals surface area (Å²) in [6.45, 7) is -2.22. The predicted molar refractivity (Wildman–Crippen MR) is 45.8 cm³/mol. The Kier molecular flexibility index (Phi) is 4.90. The molecule has 6 N–H and O–H groups in total. The molecule has 0 saturated carbocycles. The maximum absolute atomic E-state index is 10.7. The Morgan fingerprint density at radius 1 is 0.786 bits per heavy atom. The van der Waals surface area contributed by atoms with E-state index in [1.807, 2.05) is 0 Å². The molecule has 0 aliphatic rings. The lowest BCUT2D eigenvalue weighted by atomic mass is 10.3. The summed E-state index contributed by atoms with van der Waals surface area (Å²) < 4.78 is 21.4. The highest BCUT2D eigenvalue weighted by Crippen LogP contribution is 2.53. The first-order valence-corrected chi connectivity index (χ1v) is 6.83. The molecule has 14 heavy (non-hydrogen) atoms. The molecule has 0 saturated heterocycles.